The molecule has 0 nitrogen and oxygen atoms in total. The van der Waals surface area contributed by atoms with Gasteiger partial charge in [-0.2, -0.15) is 0 Å². The van der Waals surface area contributed by atoms with Crippen LogP contribution in [0.5, 0.6) is 0 Å². The molecule has 8 unspecified atom stereocenters. The van der Waals surface area contributed by atoms with Crippen LogP contribution in [0.15, 0.2) is 0 Å². The lowest BCUT2D eigenvalue weighted by atomic mass is 9.25. The van der Waals surface area contributed by atoms with Crippen molar-refractivity contribution in [1.29, 1.82) is 0 Å². The Morgan fingerprint density at radius 3 is 2.30 bits per heavy atom. The molecule has 0 N–H and O–H groups in total. The van der Waals surface area contributed by atoms with Crippen molar-refractivity contribution in [3.8, 4) is 0 Å². The molecule has 0 bridgehead atoms. The minimum Gasteiger partial charge on any atom is -0.0625 e. The number of fused-ring (bicyclic) bond motifs is 4. The summed E-state index contributed by atoms with van der Waals surface area (Å²) in [5, 5.41) is 0. The molecule has 4 rings (SSSR count). The molecule has 8 atom stereocenters. The molecular weight excluding hydrogens is 240 g/mol. The van der Waals surface area contributed by atoms with Gasteiger partial charge in [0.25, 0.3) is 0 Å². The standard InChI is InChI=1S/C20H34/c1-11(2)17-13(10-19(17,4)5)9-15-12(3)20(6)16-8-7-14(16)18(15)20/h11-18H,7-10H2,1-6H3. The molecule has 20 heavy (non-hydrogen) atoms. The Hall–Kier alpha value is 0. The Bertz CT molecular complexity index is 420. The number of hydrogen-bond donors (Lipinski definition) is 0. The molecule has 114 valence electrons. The highest BCUT2D eigenvalue weighted by Crippen LogP contribution is 2.80. The lowest BCUT2D eigenvalue weighted by Gasteiger charge is -2.80. The second-order valence-corrected chi connectivity index (χ2v) is 10.2. The van der Waals surface area contributed by atoms with E-state index in [1.165, 1.54) is 6.42 Å². The first-order valence-electron chi connectivity index (χ1n) is 9.28. The quantitative estimate of drug-likeness (QED) is 0.626. The van der Waals surface area contributed by atoms with E-state index >= 15 is 0 Å². The van der Waals surface area contributed by atoms with Crippen LogP contribution in [-0.4, -0.2) is 0 Å². The van der Waals surface area contributed by atoms with Gasteiger partial charge in [-0.15, -0.1) is 0 Å². The van der Waals surface area contributed by atoms with Crippen LogP contribution in [-0.2, 0) is 0 Å². The lowest BCUT2D eigenvalue weighted by molar-refractivity contribution is -0.322. The summed E-state index contributed by atoms with van der Waals surface area (Å²) in [6.07, 6.45) is 6.19. The minimum absolute atomic E-state index is 0.619. The van der Waals surface area contributed by atoms with Crippen LogP contribution in [0.4, 0.5) is 0 Å². The van der Waals surface area contributed by atoms with Crippen LogP contribution >= 0.6 is 0 Å². The van der Waals surface area contributed by atoms with Gasteiger partial charge in [0.1, 0.15) is 0 Å². The summed E-state index contributed by atoms with van der Waals surface area (Å²) in [5.74, 6) is 8.44. The number of hydrogen-bond acceptors (Lipinski definition) is 0. The minimum atomic E-state index is 0.619. The van der Waals surface area contributed by atoms with Crippen LogP contribution < -0.4 is 0 Å². The van der Waals surface area contributed by atoms with Gasteiger partial charge in [0.05, 0.1) is 0 Å². The Morgan fingerprint density at radius 2 is 1.80 bits per heavy atom. The second kappa shape index (κ2) is 3.85. The average Bonchev–Trinajstić information content (AvgIpc) is 2.28. The molecular formula is C20H34. The van der Waals surface area contributed by atoms with Gasteiger partial charge in [-0.1, -0.05) is 41.5 Å². The maximum atomic E-state index is 2.63. The maximum Gasteiger partial charge on any atom is -0.0233 e. The van der Waals surface area contributed by atoms with Gasteiger partial charge in [-0.3, -0.25) is 0 Å². The fraction of sp³-hybridized carbons (Fsp3) is 1.00. The third kappa shape index (κ3) is 1.35. The SMILES string of the molecule is CC(C)C1C(CC2C(C)C3(C)C4CCC4C23)CC1(C)C. The van der Waals surface area contributed by atoms with Crippen LogP contribution in [0.1, 0.15) is 67.2 Å². The van der Waals surface area contributed by atoms with Gasteiger partial charge in [0, 0.05) is 0 Å². The highest BCUT2D eigenvalue weighted by Gasteiger charge is 2.74. The first kappa shape index (κ1) is 13.6. The fourth-order valence-electron chi connectivity index (χ4n) is 8.18. The Labute approximate surface area is 126 Å². The van der Waals surface area contributed by atoms with E-state index < -0.39 is 0 Å². The number of rotatable bonds is 3. The van der Waals surface area contributed by atoms with Gasteiger partial charge in [-0.25, -0.2) is 0 Å². The summed E-state index contributed by atoms with van der Waals surface area (Å²) in [6.45, 7) is 15.1. The van der Waals surface area contributed by atoms with E-state index in [9.17, 15) is 0 Å². The van der Waals surface area contributed by atoms with Gasteiger partial charge in [0.15, 0.2) is 0 Å². The molecule has 4 fully saturated rings. The van der Waals surface area contributed by atoms with E-state index in [1.807, 2.05) is 0 Å². The van der Waals surface area contributed by atoms with Gasteiger partial charge in [0.2, 0.25) is 0 Å². The summed E-state index contributed by atoms with van der Waals surface area (Å²) in [5.41, 5.74) is 1.40. The van der Waals surface area contributed by atoms with E-state index in [1.54, 1.807) is 19.3 Å². The van der Waals surface area contributed by atoms with E-state index in [-0.39, 0.29) is 0 Å². The topological polar surface area (TPSA) is 0 Å². The van der Waals surface area contributed by atoms with Crippen LogP contribution in [0, 0.1) is 58.2 Å². The van der Waals surface area contributed by atoms with E-state index in [2.05, 4.69) is 41.5 Å². The Morgan fingerprint density at radius 1 is 1.10 bits per heavy atom. The largest absolute Gasteiger partial charge is 0.0625 e. The molecule has 4 aliphatic carbocycles. The van der Waals surface area contributed by atoms with Gasteiger partial charge in [-0.05, 0) is 83.9 Å². The van der Waals surface area contributed by atoms with E-state index in [0.717, 1.165) is 52.8 Å². The summed E-state index contributed by atoms with van der Waals surface area (Å²) < 4.78 is 0. The molecule has 0 spiro atoms. The molecule has 4 aliphatic rings. The first-order valence-corrected chi connectivity index (χ1v) is 9.28. The van der Waals surface area contributed by atoms with Crippen LogP contribution in [0.2, 0.25) is 0 Å². The summed E-state index contributed by atoms with van der Waals surface area (Å²) >= 11 is 0. The summed E-state index contributed by atoms with van der Waals surface area (Å²) in [4.78, 5) is 0. The predicted octanol–water partition coefficient (Wildman–Crippen LogP) is 5.62. The zero-order chi connectivity index (χ0) is 14.4. The first-order chi connectivity index (χ1) is 9.28. The molecule has 0 aliphatic heterocycles. The zero-order valence-electron chi connectivity index (χ0n) is 14.4. The van der Waals surface area contributed by atoms with Crippen molar-refractivity contribution in [1.82, 2.24) is 0 Å². The van der Waals surface area contributed by atoms with Crippen molar-refractivity contribution in [3.05, 3.63) is 0 Å². The lowest BCUT2D eigenvalue weighted by Crippen LogP contribution is -2.74. The summed E-state index contributed by atoms with van der Waals surface area (Å²) in [7, 11) is 0. The second-order valence-electron chi connectivity index (χ2n) is 10.2. The van der Waals surface area contributed by atoms with Gasteiger partial charge >= 0.3 is 0 Å². The van der Waals surface area contributed by atoms with Gasteiger partial charge < -0.3 is 0 Å². The smallest absolute Gasteiger partial charge is 0.0233 e. The molecule has 0 amide bonds. The molecule has 4 saturated carbocycles. The highest BCUT2D eigenvalue weighted by atomic mass is 14.8. The van der Waals surface area contributed by atoms with E-state index in [0.29, 0.717) is 5.41 Å². The monoisotopic (exact) mass is 274 g/mol. The fourth-order valence-corrected chi connectivity index (χ4v) is 8.18. The summed E-state index contributed by atoms with van der Waals surface area (Å²) in [6, 6.07) is 0. The van der Waals surface area contributed by atoms with E-state index in [4.69, 9.17) is 0 Å². The van der Waals surface area contributed by atoms with Crippen LogP contribution in [0.3, 0.4) is 0 Å². The molecule has 0 heteroatoms. The Balaban J connectivity index is 1.44. The Kier molecular flexibility index (Phi) is 2.63. The molecule has 0 aromatic carbocycles. The third-order valence-electron chi connectivity index (χ3n) is 8.88. The van der Waals surface area contributed by atoms with Crippen molar-refractivity contribution in [3.63, 3.8) is 0 Å². The zero-order valence-corrected chi connectivity index (χ0v) is 14.4. The highest BCUT2D eigenvalue weighted by molar-refractivity contribution is 5.22. The molecule has 0 aromatic heterocycles. The van der Waals surface area contributed by atoms with Crippen molar-refractivity contribution in [2.24, 2.45) is 58.2 Å². The van der Waals surface area contributed by atoms with Crippen molar-refractivity contribution < 1.29 is 0 Å². The molecule has 0 aromatic rings. The molecule has 0 heterocycles. The molecule has 0 radical (unpaired) electrons. The van der Waals surface area contributed by atoms with Crippen molar-refractivity contribution >= 4 is 0 Å². The van der Waals surface area contributed by atoms with Crippen molar-refractivity contribution in [2.45, 2.75) is 67.2 Å². The third-order valence-corrected chi connectivity index (χ3v) is 8.88. The maximum absolute atomic E-state index is 2.63. The van der Waals surface area contributed by atoms with Crippen molar-refractivity contribution in [2.75, 3.05) is 0 Å². The predicted molar refractivity (Wildman–Crippen MR) is 85.3 cm³/mol. The van der Waals surface area contributed by atoms with Crippen LogP contribution in [0.25, 0.3) is 0 Å². The molecule has 0 saturated heterocycles. The normalized spacial score (nSPS) is 58.6. The average molecular weight is 274 g/mol.